The predicted octanol–water partition coefficient (Wildman–Crippen LogP) is 4.09. The first kappa shape index (κ1) is 20.6. The molecule has 1 amide bonds. The molecule has 1 aliphatic rings. The molecule has 1 aromatic heterocycles. The molecule has 1 aliphatic heterocycles. The SMILES string of the molecule is CCCCCN1C(=O)C(=O)/C(=C(\O)c2cccc(OCC)c2)C1c1cccnc1. The highest BCUT2D eigenvalue weighted by Gasteiger charge is 2.45. The van der Waals surface area contributed by atoms with Gasteiger partial charge in [0.2, 0.25) is 0 Å². The maximum absolute atomic E-state index is 12.9. The molecule has 1 unspecified atom stereocenters. The monoisotopic (exact) mass is 394 g/mol. The molecular weight excluding hydrogens is 368 g/mol. The van der Waals surface area contributed by atoms with Crippen molar-refractivity contribution in [3.8, 4) is 5.75 Å². The Hall–Kier alpha value is -3.15. The standard InChI is InChI=1S/C23H26N2O4/c1-3-5-6-13-25-20(17-10-8-12-24-15-17)19(22(27)23(25)28)21(26)16-9-7-11-18(14-16)29-4-2/h7-12,14-15,20,26H,3-6,13H2,1-2H3/b21-19-. The van der Waals surface area contributed by atoms with Crippen LogP contribution in [0.5, 0.6) is 5.75 Å². The van der Waals surface area contributed by atoms with E-state index in [4.69, 9.17) is 4.74 Å². The number of unbranched alkanes of at least 4 members (excludes halogenated alkanes) is 2. The lowest BCUT2D eigenvalue weighted by atomic mass is 9.96. The average molecular weight is 394 g/mol. The number of carbonyl (C=O) groups excluding carboxylic acids is 2. The lowest BCUT2D eigenvalue weighted by Gasteiger charge is -2.25. The van der Waals surface area contributed by atoms with E-state index in [-0.39, 0.29) is 11.3 Å². The number of nitrogens with zero attached hydrogens (tertiary/aromatic N) is 2. The van der Waals surface area contributed by atoms with Crippen molar-refractivity contribution in [2.24, 2.45) is 0 Å². The lowest BCUT2D eigenvalue weighted by molar-refractivity contribution is -0.139. The first-order chi connectivity index (χ1) is 14.1. The summed E-state index contributed by atoms with van der Waals surface area (Å²) in [5.74, 6) is -0.865. The van der Waals surface area contributed by atoms with Crippen LogP contribution in [0.4, 0.5) is 0 Å². The summed E-state index contributed by atoms with van der Waals surface area (Å²) in [6.45, 7) is 4.89. The molecule has 0 spiro atoms. The van der Waals surface area contributed by atoms with Gasteiger partial charge in [0.05, 0.1) is 18.2 Å². The van der Waals surface area contributed by atoms with Gasteiger partial charge in [0, 0.05) is 24.5 Å². The average Bonchev–Trinajstić information content (AvgIpc) is 2.99. The predicted molar refractivity (Wildman–Crippen MR) is 110 cm³/mol. The number of aliphatic hydroxyl groups is 1. The number of likely N-dealkylation sites (tertiary alicyclic amines) is 1. The third kappa shape index (κ3) is 4.31. The maximum atomic E-state index is 12.9. The van der Waals surface area contributed by atoms with Gasteiger partial charge < -0.3 is 14.7 Å². The zero-order valence-corrected chi connectivity index (χ0v) is 16.8. The number of Topliss-reactive ketones (excluding diaryl/α,β-unsaturated/α-hetero) is 1. The number of aliphatic hydroxyl groups excluding tert-OH is 1. The number of pyridine rings is 1. The summed E-state index contributed by atoms with van der Waals surface area (Å²) in [7, 11) is 0. The fourth-order valence-corrected chi connectivity index (χ4v) is 3.58. The quantitative estimate of drug-likeness (QED) is 0.316. The van der Waals surface area contributed by atoms with Crippen LogP contribution in [-0.4, -0.2) is 39.8 Å². The number of hydrogen-bond donors (Lipinski definition) is 1. The zero-order chi connectivity index (χ0) is 20.8. The first-order valence-electron chi connectivity index (χ1n) is 10.00. The first-order valence-corrected chi connectivity index (χ1v) is 10.00. The van der Waals surface area contributed by atoms with Crippen LogP contribution in [0.1, 0.15) is 50.3 Å². The van der Waals surface area contributed by atoms with Crippen molar-refractivity contribution in [3.05, 3.63) is 65.5 Å². The molecule has 1 N–H and O–H groups in total. The Labute approximate surface area is 170 Å². The highest BCUT2D eigenvalue weighted by atomic mass is 16.5. The van der Waals surface area contributed by atoms with E-state index in [0.717, 1.165) is 19.3 Å². The molecule has 152 valence electrons. The van der Waals surface area contributed by atoms with Crippen molar-refractivity contribution in [2.45, 2.75) is 39.2 Å². The molecule has 1 atom stereocenters. The molecule has 0 saturated carbocycles. The number of ketones is 1. The number of ether oxygens (including phenoxy) is 1. The number of rotatable bonds is 8. The van der Waals surface area contributed by atoms with E-state index in [9.17, 15) is 14.7 Å². The van der Waals surface area contributed by atoms with Crippen molar-refractivity contribution in [1.82, 2.24) is 9.88 Å². The molecule has 2 aromatic rings. The summed E-state index contributed by atoms with van der Waals surface area (Å²) in [4.78, 5) is 31.4. The molecule has 3 rings (SSSR count). The second-order valence-electron chi connectivity index (χ2n) is 6.95. The normalized spacial score (nSPS) is 18.3. The fourth-order valence-electron chi connectivity index (χ4n) is 3.58. The summed E-state index contributed by atoms with van der Waals surface area (Å²) in [6, 6.07) is 9.82. The largest absolute Gasteiger partial charge is 0.507 e. The molecule has 0 bridgehead atoms. The Bertz CT molecular complexity index is 908. The van der Waals surface area contributed by atoms with Crippen LogP contribution in [0, 0.1) is 0 Å². The fraction of sp³-hybridized carbons (Fsp3) is 0.348. The third-order valence-electron chi connectivity index (χ3n) is 4.96. The Morgan fingerprint density at radius 1 is 1.17 bits per heavy atom. The number of benzene rings is 1. The minimum atomic E-state index is -0.672. The molecule has 6 heteroatoms. The number of amides is 1. The molecule has 29 heavy (non-hydrogen) atoms. The second kappa shape index (κ2) is 9.37. The summed E-state index contributed by atoms with van der Waals surface area (Å²) in [6.07, 6.45) is 6.02. The smallest absolute Gasteiger partial charge is 0.295 e. The van der Waals surface area contributed by atoms with E-state index in [1.54, 1.807) is 47.6 Å². The van der Waals surface area contributed by atoms with Crippen molar-refractivity contribution in [1.29, 1.82) is 0 Å². The van der Waals surface area contributed by atoms with Crippen molar-refractivity contribution in [3.63, 3.8) is 0 Å². The molecule has 6 nitrogen and oxygen atoms in total. The van der Waals surface area contributed by atoms with Gasteiger partial charge in [0.15, 0.2) is 0 Å². The van der Waals surface area contributed by atoms with Gasteiger partial charge in [-0.05, 0) is 37.1 Å². The van der Waals surface area contributed by atoms with Crippen LogP contribution in [0.15, 0.2) is 54.4 Å². The van der Waals surface area contributed by atoms with Gasteiger partial charge in [0.1, 0.15) is 11.5 Å². The van der Waals surface area contributed by atoms with Gasteiger partial charge in [-0.25, -0.2) is 0 Å². The second-order valence-corrected chi connectivity index (χ2v) is 6.95. The minimum Gasteiger partial charge on any atom is -0.507 e. The Morgan fingerprint density at radius 2 is 2.00 bits per heavy atom. The topological polar surface area (TPSA) is 79.7 Å². The Kier molecular flexibility index (Phi) is 6.65. The molecule has 0 radical (unpaired) electrons. The van der Waals surface area contributed by atoms with Crippen LogP contribution in [0.3, 0.4) is 0 Å². The molecule has 0 aliphatic carbocycles. The van der Waals surface area contributed by atoms with Gasteiger partial charge in [-0.1, -0.05) is 38.0 Å². The molecule has 1 saturated heterocycles. The van der Waals surface area contributed by atoms with Crippen LogP contribution < -0.4 is 4.74 Å². The Morgan fingerprint density at radius 3 is 2.69 bits per heavy atom. The van der Waals surface area contributed by atoms with Gasteiger partial charge in [-0.15, -0.1) is 0 Å². The van der Waals surface area contributed by atoms with E-state index < -0.39 is 17.7 Å². The molecule has 1 fully saturated rings. The van der Waals surface area contributed by atoms with Crippen LogP contribution >= 0.6 is 0 Å². The van der Waals surface area contributed by atoms with Gasteiger partial charge >= 0.3 is 0 Å². The Balaban J connectivity index is 2.08. The number of aromatic nitrogens is 1. The number of hydrogen-bond acceptors (Lipinski definition) is 5. The zero-order valence-electron chi connectivity index (χ0n) is 16.8. The molecular formula is C23H26N2O4. The summed E-state index contributed by atoms with van der Waals surface area (Å²) in [5, 5.41) is 11.0. The van der Waals surface area contributed by atoms with Crippen molar-refractivity contribution >= 4 is 17.4 Å². The lowest BCUT2D eigenvalue weighted by Crippen LogP contribution is -2.30. The highest BCUT2D eigenvalue weighted by molar-refractivity contribution is 6.46. The highest BCUT2D eigenvalue weighted by Crippen LogP contribution is 2.39. The molecule has 2 heterocycles. The van der Waals surface area contributed by atoms with E-state index in [1.165, 1.54) is 0 Å². The van der Waals surface area contributed by atoms with E-state index in [1.807, 2.05) is 13.0 Å². The van der Waals surface area contributed by atoms with Gasteiger partial charge in [0.25, 0.3) is 11.7 Å². The van der Waals surface area contributed by atoms with Gasteiger partial charge in [-0.2, -0.15) is 0 Å². The van der Waals surface area contributed by atoms with E-state index in [0.29, 0.717) is 30.0 Å². The maximum Gasteiger partial charge on any atom is 0.295 e. The van der Waals surface area contributed by atoms with Crippen LogP contribution in [0.25, 0.3) is 5.76 Å². The van der Waals surface area contributed by atoms with Crippen LogP contribution in [0.2, 0.25) is 0 Å². The number of carbonyl (C=O) groups is 2. The summed E-state index contributed by atoms with van der Waals surface area (Å²) >= 11 is 0. The summed E-state index contributed by atoms with van der Waals surface area (Å²) < 4.78 is 5.50. The van der Waals surface area contributed by atoms with Gasteiger partial charge in [-0.3, -0.25) is 14.6 Å². The van der Waals surface area contributed by atoms with Crippen molar-refractivity contribution < 1.29 is 19.4 Å². The van der Waals surface area contributed by atoms with Crippen LogP contribution in [-0.2, 0) is 9.59 Å². The van der Waals surface area contributed by atoms with E-state index >= 15 is 0 Å². The third-order valence-corrected chi connectivity index (χ3v) is 4.96. The molecule has 1 aromatic carbocycles. The van der Waals surface area contributed by atoms with E-state index in [2.05, 4.69) is 11.9 Å². The summed E-state index contributed by atoms with van der Waals surface area (Å²) in [5.41, 5.74) is 1.23. The minimum absolute atomic E-state index is 0.0909. The van der Waals surface area contributed by atoms with Crippen molar-refractivity contribution in [2.75, 3.05) is 13.2 Å².